The highest BCUT2D eigenvalue weighted by Crippen LogP contribution is 2.33. The number of anilines is 4. The van der Waals surface area contributed by atoms with Crippen molar-refractivity contribution >= 4 is 64.5 Å². The van der Waals surface area contributed by atoms with Gasteiger partial charge in [0.2, 0.25) is 5.91 Å². The summed E-state index contributed by atoms with van der Waals surface area (Å²) < 4.78 is 5.52. The van der Waals surface area contributed by atoms with Gasteiger partial charge in [-0.1, -0.05) is 0 Å². The summed E-state index contributed by atoms with van der Waals surface area (Å²) in [6, 6.07) is 12.0. The van der Waals surface area contributed by atoms with E-state index in [-0.39, 0.29) is 36.8 Å². The van der Waals surface area contributed by atoms with E-state index in [0.717, 1.165) is 49.1 Å². The molecule has 10 heteroatoms. The van der Waals surface area contributed by atoms with Crippen molar-refractivity contribution in [2.45, 2.75) is 31.7 Å². The van der Waals surface area contributed by atoms with E-state index in [4.69, 9.17) is 4.74 Å². The molecule has 1 aromatic heterocycles. The molecule has 0 aliphatic carbocycles. The lowest BCUT2D eigenvalue weighted by molar-refractivity contribution is -0.117. The van der Waals surface area contributed by atoms with Crippen molar-refractivity contribution in [3.8, 4) is 5.75 Å². The lowest BCUT2D eigenvalue weighted by Crippen LogP contribution is -2.35. The summed E-state index contributed by atoms with van der Waals surface area (Å²) in [5.74, 6) is 1.20. The molecule has 0 radical (unpaired) electrons. The molecule has 2 aromatic carbocycles. The molecule has 0 spiro atoms. The van der Waals surface area contributed by atoms with E-state index in [1.165, 1.54) is 24.9 Å². The fourth-order valence-corrected chi connectivity index (χ4v) is 4.45. The van der Waals surface area contributed by atoms with Gasteiger partial charge in [-0.2, -0.15) is 0 Å². The molecule has 5 rings (SSSR count). The quantitative estimate of drug-likeness (QED) is 0.454. The lowest BCUT2D eigenvalue weighted by Gasteiger charge is -2.18. The summed E-state index contributed by atoms with van der Waals surface area (Å²) >= 11 is 0. The van der Waals surface area contributed by atoms with Crippen molar-refractivity contribution < 1.29 is 9.53 Å². The number of carbonyl (C=O) groups is 1. The molecule has 2 aliphatic rings. The van der Waals surface area contributed by atoms with Gasteiger partial charge in [0.05, 0.1) is 24.4 Å². The molecule has 182 valence electrons. The molecule has 3 aromatic rings. The van der Waals surface area contributed by atoms with Crippen molar-refractivity contribution in [1.29, 1.82) is 0 Å². The summed E-state index contributed by atoms with van der Waals surface area (Å²) in [5.41, 5.74) is 3.55. The SMILES string of the molecule is COc1cc2ncnc(Nc3ccc(N4CCCC4)cc3)c2cc1NC(=O)C1CCCN1.Cl.Cl. The normalized spacial score (nSPS) is 17.1. The highest BCUT2D eigenvalue weighted by molar-refractivity contribution is 6.01. The molecule has 2 aliphatic heterocycles. The lowest BCUT2D eigenvalue weighted by atomic mass is 10.1. The van der Waals surface area contributed by atoms with Gasteiger partial charge in [0.25, 0.3) is 0 Å². The van der Waals surface area contributed by atoms with Crippen LogP contribution in [-0.2, 0) is 4.79 Å². The van der Waals surface area contributed by atoms with Gasteiger partial charge in [-0.05, 0) is 62.6 Å². The second kappa shape index (κ2) is 11.6. The summed E-state index contributed by atoms with van der Waals surface area (Å²) in [6.07, 6.45) is 5.89. The van der Waals surface area contributed by atoms with Crippen LogP contribution in [0.15, 0.2) is 42.7 Å². The van der Waals surface area contributed by atoms with Gasteiger partial charge in [0, 0.05) is 35.9 Å². The number of hydrogen-bond acceptors (Lipinski definition) is 7. The second-order valence-electron chi connectivity index (χ2n) is 8.30. The Hall–Kier alpha value is -2.81. The van der Waals surface area contributed by atoms with Gasteiger partial charge >= 0.3 is 0 Å². The van der Waals surface area contributed by atoms with E-state index in [1.807, 2.05) is 12.1 Å². The predicted octanol–water partition coefficient (Wildman–Crippen LogP) is 4.52. The Kier molecular flexibility index (Phi) is 8.77. The predicted molar refractivity (Wildman–Crippen MR) is 141 cm³/mol. The van der Waals surface area contributed by atoms with Crippen molar-refractivity contribution in [1.82, 2.24) is 15.3 Å². The monoisotopic (exact) mass is 504 g/mol. The third-order valence-electron chi connectivity index (χ3n) is 6.19. The Morgan fingerprint density at radius 2 is 1.85 bits per heavy atom. The van der Waals surface area contributed by atoms with Gasteiger partial charge in [-0.3, -0.25) is 4.79 Å². The number of halogens is 2. The molecule has 0 bridgehead atoms. The molecule has 1 atom stereocenters. The third kappa shape index (κ3) is 5.46. The van der Waals surface area contributed by atoms with Crippen LogP contribution in [0, 0.1) is 0 Å². The number of amides is 1. The fraction of sp³-hybridized carbons (Fsp3) is 0.375. The van der Waals surface area contributed by atoms with Gasteiger partial charge in [0.1, 0.15) is 17.9 Å². The maximum Gasteiger partial charge on any atom is 0.241 e. The second-order valence-corrected chi connectivity index (χ2v) is 8.30. The van der Waals surface area contributed by atoms with Crippen LogP contribution in [0.5, 0.6) is 5.75 Å². The highest BCUT2D eigenvalue weighted by atomic mass is 35.5. The van der Waals surface area contributed by atoms with Crippen molar-refractivity contribution in [3.63, 3.8) is 0 Å². The Balaban J connectivity index is 0.00000162. The molecule has 1 unspecified atom stereocenters. The number of nitrogens with one attached hydrogen (secondary N) is 3. The number of rotatable bonds is 6. The third-order valence-corrected chi connectivity index (χ3v) is 6.19. The number of methoxy groups -OCH3 is 1. The van der Waals surface area contributed by atoms with E-state index >= 15 is 0 Å². The number of fused-ring (bicyclic) bond motifs is 1. The average molecular weight is 505 g/mol. The van der Waals surface area contributed by atoms with E-state index < -0.39 is 0 Å². The first-order valence-electron chi connectivity index (χ1n) is 11.2. The van der Waals surface area contributed by atoms with Crippen LogP contribution in [0.4, 0.5) is 22.9 Å². The van der Waals surface area contributed by atoms with Crippen LogP contribution in [0.1, 0.15) is 25.7 Å². The summed E-state index contributed by atoms with van der Waals surface area (Å²) in [4.78, 5) is 23.9. The number of aromatic nitrogens is 2. The number of hydrogen-bond donors (Lipinski definition) is 3. The molecule has 3 heterocycles. The van der Waals surface area contributed by atoms with Gasteiger partial charge in [0.15, 0.2) is 0 Å². The summed E-state index contributed by atoms with van der Waals surface area (Å²) in [6.45, 7) is 3.11. The Morgan fingerprint density at radius 3 is 2.53 bits per heavy atom. The minimum atomic E-state index is -0.172. The van der Waals surface area contributed by atoms with E-state index in [9.17, 15) is 4.79 Å². The molecule has 0 saturated carbocycles. The van der Waals surface area contributed by atoms with Crippen LogP contribution in [0.3, 0.4) is 0 Å². The maximum atomic E-state index is 12.7. The summed E-state index contributed by atoms with van der Waals surface area (Å²) in [5, 5.41) is 10.5. The molecular weight excluding hydrogens is 475 g/mol. The van der Waals surface area contributed by atoms with Crippen LogP contribution in [-0.4, -0.2) is 48.7 Å². The van der Waals surface area contributed by atoms with Crippen molar-refractivity contribution in [2.24, 2.45) is 0 Å². The average Bonchev–Trinajstić information content (AvgIpc) is 3.54. The number of ether oxygens (including phenoxy) is 1. The van der Waals surface area contributed by atoms with Crippen LogP contribution in [0.25, 0.3) is 10.9 Å². The maximum absolute atomic E-state index is 12.7. The van der Waals surface area contributed by atoms with Gasteiger partial charge in [-0.15, -0.1) is 24.8 Å². The van der Waals surface area contributed by atoms with Crippen molar-refractivity contribution in [2.75, 3.05) is 42.3 Å². The van der Waals surface area contributed by atoms with Gasteiger partial charge < -0.3 is 25.6 Å². The largest absolute Gasteiger partial charge is 0.494 e. The van der Waals surface area contributed by atoms with Crippen LogP contribution in [0.2, 0.25) is 0 Å². The van der Waals surface area contributed by atoms with E-state index in [2.05, 4.69) is 55.1 Å². The molecule has 2 fully saturated rings. The van der Waals surface area contributed by atoms with E-state index in [0.29, 0.717) is 17.3 Å². The molecule has 8 nitrogen and oxygen atoms in total. The number of benzene rings is 2. The molecule has 1 amide bonds. The molecular formula is C24H30Cl2N6O2. The number of nitrogens with zero attached hydrogens (tertiary/aromatic N) is 3. The Morgan fingerprint density at radius 1 is 1.09 bits per heavy atom. The standard InChI is InChI=1S/C24H28N6O2.2ClH/c1-32-22-14-20-18(13-21(22)29-24(31)19-5-4-10-25-19)23(27-15-26-20)28-16-6-8-17(9-7-16)30-11-2-3-12-30;;/h6-9,13-15,19,25H,2-5,10-12H2,1H3,(H,29,31)(H,26,27,28);2*1H. The molecule has 3 N–H and O–H groups in total. The minimum Gasteiger partial charge on any atom is -0.494 e. The molecule has 2 saturated heterocycles. The van der Waals surface area contributed by atoms with Gasteiger partial charge in [-0.25, -0.2) is 9.97 Å². The Labute approximate surface area is 211 Å². The zero-order valence-corrected chi connectivity index (χ0v) is 20.7. The fourth-order valence-electron chi connectivity index (χ4n) is 4.45. The van der Waals surface area contributed by atoms with Crippen molar-refractivity contribution in [3.05, 3.63) is 42.7 Å². The number of carbonyl (C=O) groups excluding carboxylic acids is 1. The van der Waals surface area contributed by atoms with Crippen LogP contribution >= 0.6 is 24.8 Å². The zero-order chi connectivity index (χ0) is 21.9. The minimum absolute atomic E-state index is 0. The summed E-state index contributed by atoms with van der Waals surface area (Å²) in [7, 11) is 1.59. The first kappa shape index (κ1) is 25.8. The topological polar surface area (TPSA) is 91.4 Å². The first-order chi connectivity index (χ1) is 15.7. The zero-order valence-electron chi connectivity index (χ0n) is 19.0. The van der Waals surface area contributed by atoms with E-state index in [1.54, 1.807) is 7.11 Å². The first-order valence-corrected chi connectivity index (χ1v) is 11.2. The molecule has 34 heavy (non-hydrogen) atoms. The smallest absolute Gasteiger partial charge is 0.241 e. The Bertz CT molecular complexity index is 1120. The highest BCUT2D eigenvalue weighted by Gasteiger charge is 2.23. The van der Waals surface area contributed by atoms with Crippen LogP contribution < -0.4 is 25.6 Å².